The van der Waals surface area contributed by atoms with Crippen molar-refractivity contribution in [3.8, 4) is 0 Å². The number of aryl methyl sites for hydroxylation is 4. The molecular formula is C32H48N2Ni. The Morgan fingerprint density at radius 3 is 1.66 bits per heavy atom. The van der Waals surface area contributed by atoms with Crippen molar-refractivity contribution in [1.29, 1.82) is 0 Å². The first-order valence-electron chi connectivity index (χ1n) is 14.0. The molecule has 0 unspecified atom stereocenters. The first-order valence-corrected chi connectivity index (χ1v) is 14.0. The number of unbranched alkanes of at least 4 members (excludes halogenated alkanes) is 3. The van der Waals surface area contributed by atoms with Gasteiger partial charge in [-0.2, -0.15) is 0 Å². The molecule has 2 nitrogen and oxygen atoms in total. The van der Waals surface area contributed by atoms with Crippen LogP contribution < -0.4 is 0 Å². The van der Waals surface area contributed by atoms with E-state index in [0.29, 0.717) is 0 Å². The summed E-state index contributed by atoms with van der Waals surface area (Å²) in [7, 11) is 0. The van der Waals surface area contributed by atoms with Gasteiger partial charge in [0, 0.05) is 22.7 Å². The fourth-order valence-corrected chi connectivity index (χ4v) is 4.60. The summed E-state index contributed by atoms with van der Waals surface area (Å²) in [6.07, 6.45) is 17.2. The van der Waals surface area contributed by atoms with E-state index in [9.17, 15) is 0 Å². The van der Waals surface area contributed by atoms with Crippen LogP contribution in [0.25, 0.3) is 0 Å². The SMILES string of the molecule is CCCCCCC(C=Nc1ccc(CCC)c(CCC)c1)=Nc1ccc(CCC)c(CCC)c1.[Ni]. The largest absolute Gasteiger partial charge is 0.255 e. The quantitative estimate of drug-likeness (QED) is 0.120. The van der Waals surface area contributed by atoms with Gasteiger partial charge in [-0.25, -0.2) is 0 Å². The summed E-state index contributed by atoms with van der Waals surface area (Å²) in [4.78, 5) is 9.98. The zero-order chi connectivity index (χ0) is 24.6. The van der Waals surface area contributed by atoms with Crippen LogP contribution in [0.1, 0.15) is 115 Å². The fraction of sp³-hybridized carbons (Fsp3) is 0.562. The van der Waals surface area contributed by atoms with Gasteiger partial charge in [0.15, 0.2) is 0 Å². The number of hydrogen-bond acceptors (Lipinski definition) is 2. The Bertz CT molecular complexity index is 914. The van der Waals surface area contributed by atoms with Crippen LogP contribution in [0.4, 0.5) is 11.4 Å². The molecule has 2 aromatic carbocycles. The van der Waals surface area contributed by atoms with E-state index >= 15 is 0 Å². The minimum atomic E-state index is 0. The first-order chi connectivity index (χ1) is 16.6. The second kappa shape index (κ2) is 18.5. The van der Waals surface area contributed by atoms with E-state index in [4.69, 9.17) is 9.98 Å². The molecule has 3 heteroatoms. The van der Waals surface area contributed by atoms with Crippen LogP contribution >= 0.6 is 0 Å². The van der Waals surface area contributed by atoms with Crippen LogP contribution in [0, 0.1) is 0 Å². The monoisotopic (exact) mass is 518 g/mol. The van der Waals surface area contributed by atoms with Crippen LogP contribution in [-0.4, -0.2) is 11.9 Å². The van der Waals surface area contributed by atoms with E-state index in [-0.39, 0.29) is 16.5 Å². The molecule has 196 valence electrons. The molecule has 0 heterocycles. The summed E-state index contributed by atoms with van der Waals surface area (Å²) < 4.78 is 0. The molecule has 2 rings (SSSR count). The predicted octanol–water partition coefficient (Wildman–Crippen LogP) is 9.94. The maximum Gasteiger partial charge on any atom is 0.0636 e. The van der Waals surface area contributed by atoms with Crippen LogP contribution in [0.15, 0.2) is 46.4 Å². The van der Waals surface area contributed by atoms with Crippen LogP contribution in [-0.2, 0) is 42.2 Å². The Kier molecular flexibility index (Phi) is 16.6. The molecule has 2 aromatic rings. The average molecular weight is 519 g/mol. The normalized spacial score (nSPS) is 11.7. The second-order valence-corrected chi connectivity index (χ2v) is 9.58. The minimum Gasteiger partial charge on any atom is -0.255 e. The third-order valence-electron chi connectivity index (χ3n) is 6.38. The Labute approximate surface area is 226 Å². The second-order valence-electron chi connectivity index (χ2n) is 9.58. The molecule has 0 saturated carbocycles. The molecule has 0 amide bonds. The Hall–Kier alpha value is -1.73. The van der Waals surface area contributed by atoms with E-state index < -0.39 is 0 Å². The molecule has 0 radical (unpaired) electrons. The molecule has 0 aliphatic heterocycles. The predicted molar refractivity (Wildman–Crippen MR) is 153 cm³/mol. The molecule has 0 atom stereocenters. The standard InChI is InChI=1S/C32H48N2.Ni/c1-6-11-12-13-18-32(34-31-22-20-27(15-8-3)29(24-31)17-10-5)25-33-30-21-19-26(14-7-2)28(23-30)16-9-4;/h19-25H,6-18H2,1-5H3;. The third kappa shape index (κ3) is 11.3. The maximum atomic E-state index is 5.09. The Morgan fingerprint density at radius 2 is 1.11 bits per heavy atom. The number of hydrogen-bond donors (Lipinski definition) is 0. The van der Waals surface area contributed by atoms with Gasteiger partial charge in [-0.3, -0.25) is 9.98 Å². The van der Waals surface area contributed by atoms with E-state index in [0.717, 1.165) is 49.2 Å². The van der Waals surface area contributed by atoms with Gasteiger partial charge in [-0.15, -0.1) is 0 Å². The van der Waals surface area contributed by atoms with Crippen molar-refractivity contribution < 1.29 is 16.5 Å². The first kappa shape index (κ1) is 31.3. The molecule has 0 N–H and O–H groups in total. The number of nitrogens with zero attached hydrogens (tertiary/aromatic N) is 2. The molecular weight excluding hydrogens is 471 g/mol. The van der Waals surface area contributed by atoms with Gasteiger partial charge in [-0.05, 0) is 85.0 Å². The molecule has 0 fully saturated rings. The van der Waals surface area contributed by atoms with Crippen molar-refractivity contribution in [1.82, 2.24) is 0 Å². The van der Waals surface area contributed by atoms with Crippen molar-refractivity contribution in [2.75, 3.05) is 0 Å². The Balaban J connectivity index is 0.00000612. The van der Waals surface area contributed by atoms with Gasteiger partial charge >= 0.3 is 0 Å². The molecule has 0 bridgehead atoms. The molecule has 35 heavy (non-hydrogen) atoms. The van der Waals surface area contributed by atoms with Gasteiger partial charge in [0.2, 0.25) is 0 Å². The van der Waals surface area contributed by atoms with Crippen LogP contribution in [0.3, 0.4) is 0 Å². The third-order valence-corrected chi connectivity index (χ3v) is 6.38. The maximum absolute atomic E-state index is 5.09. The molecule has 0 aliphatic rings. The molecule has 0 aromatic heterocycles. The topological polar surface area (TPSA) is 24.7 Å². The summed E-state index contributed by atoms with van der Waals surface area (Å²) in [6.45, 7) is 11.3. The number of aliphatic imine (C=N–C) groups is 2. The van der Waals surface area contributed by atoms with E-state index in [1.54, 1.807) is 0 Å². The van der Waals surface area contributed by atoms with Gasteiger partial charge in [0.05, 0.1) is 17.1 Å². The van der Waals surface area contributed by atoms with Crippen LogP contribution in [0.5, 0.6) is 0 Å². The summed E-state index contributed by atoms with van der Waals surface area (Å²) in [5.74, 6) is 0. The Morgan fingerprint density at radius 1 is 0.600 bits per heavy atom. The van der Waals surface area contributed by atoms with Crippen molar-refractivity contribution in [3.05, 3.63) is 58.7 Å². The van der Waals surface area contributed by atoms with Gasteiger partial charge in [0.1, 0.15) is 0 Å². The fourth-order valence-electron chi connectivity index (χ4n) is 4.60. The molecule has 0 aliphatic carbocycles. The minimum absolute atomic E-state index is 0. The number of rotatable bonds is 16. The van der Waals surface area contributed by atoms with Crippen molar-refractivity contribution in [2.24, 2.45) is 9.98 Å². The van der Waals surface area contributed by atoms with E-state index in [2.05, 4.69) is 71.0 Å². The smallest absolute Gasteiger partial charge is 0.0636 e. The summed E-state index contributed by atoms with van der Waals surface area (Å²) in [5.41, 5.74) is 9.10. The van der Waals surface area contributed by atoms with E-state index in [1.807, 2.05) is 6.21 Å². The molecule has 0 saturated heterocycles. The van der Waals surface area contributed by atoms with Gasteiger partial charge in [0.25, 0.3) is 0 Å². The van der Waals surface area contributed by atoms with Gasteiger partial charge in [-0.1, -0.05) is 91.7 Å². The summed E-state index contributed by atoms with van der Waals surface area (Å²) in [5, 5.41) is 0. The number of benzene rings is 2. The zero-order valence-corrected chi connectivity index (χ0v) is 23.9. The van der Waals surface area contributed by atoms with E-state index in [1.165, 1.54) is 73.6 Å². The molecule has 0 spiro atoms. The van der Waals surface area contributed by atoms with Crippen molar-refractivity contribution in [3.63, 3.8) is 0 Å². The average Bonchev–Trinajstić information content (AvgIpc) is 2.83. The van der Waals surface area contributed by atoms with Crippen molar-refractivity contribution in [2.45, 2.75) is 118 Å². The van der Waals surface area contributed by atoms with Crippen LogP contribution in [0.2, 0.25) is 0 Å². The summed E-state index contributed by atoms with van der Waals surface area (Å²) in [6, 6.07) is 13.6. The summed E-state index contributed by atoms with van der Waals surface area (Å²) >= 11 is 0. The van der Waals surface area contributed by atoms with Gasteiger partial charge < -0.3 is 0 Å². The zero-order valence-electron chi connectivity index (χ0n) is 22.9. The van der Waals surface area contributed by atoms with Crippen molar-refractivity contribution >= 4 is 23.3 Å².